The minimum absolute atomic E-state index is 0.0788. The summed E-state index contributed by atoms with van der Waals surface area (Å²) in [4.78, 5) is 24.7. The van der Waals surface area contributed by atoms with E-state index in [-0.39, 0.29) is 11.3 Å². The molecule has 1 saturated carbocycles. The first-order valence-corrected chi connectivity index (χ1v) is 10.7. The summed E-state index contributed by atoms with van der Waals surface area (Å²) in [6, 6.07) is 16.1. The van der Waals surface area contributed by atoms with Gasteiger partial charge in [-0.15, -0.1) is 0 Å². The second-order valence-electron chi connectivity index (χ2n) is 10.3. The van der Waals surface area contributed by atoms with Gasteiger partial charge in [-0.25, -0.2) is 0 Å². The number of hydrogen-bond donors (Lipinski definition) is 2. The molecule has 1 aliphatic rings. The van der Waals surface area contributed by atoms with Crippen molar-refractivity contribution in [2.45, 2.75) is 71.3 Å². The molecular weight excluding hydrogens is 374 g/mol. The van der Waals surface area contributed by atoms with Gasteiger partial charge in [0.1, 0.15) is 0 Å². The molecule has 160 valence electrons. The van der Waals surface area contributed by atoms with Gasteiger partial charge in [-0.3, -0.25) is 9.59 Å². The Morgan fingerprint density at radius 1 is 0.900 bits per heavy atom. The van der Waals surface area contributed by atoms with E-state index in [1.165, 1.54) is 5.56 Å². The lowest BCUT2D eigenvalue weighted by atomic mass is 9.69. The largest absolute Gasteiger partial charge is 0.481 e. The molecule has 0 aromatic heterocycles. The molecule has 0 heterocycles. The van der Waals surface area contributed by atoms with Gasteiger partial charge in [0.25, 0.3) is 5.91 Å². The highest BCUT2D eigenvalue weighted by atomic mass is 16.4. The molecule has 0 atom stereocenters. The highest BCUT2D eigenvalue weighted by Crippen LogP contribution is 2.41. The molecule has 1 fully saturated rings. The van der Waals surface area contributed by atoms with Crippen LogP contribution in [0.15, 0.2) is 48.5 Å². The molecule has 2 aromatic carbocycles. The average molecular weight is 408 g/mol. The fourth-order valence-corrected chi connectivity index (χ4v) is 4.12. The van der Waals surface area contributed by atoms with E-state index in [2.05, 4.69) is 50.4 Å². The SMILES string of the molecule is CC1(NC(=O)c2ccccc2-c2ccc(C(C)(C)C)cc2)CCC(C)(C(=O)O)CC1. The van der Waals surface area contributed by atoms with Gasteiger partial charge in [-0.1, -0.05) is 63.2 Å². The van der Waals surface area contributed by atoms with E-state index in [9.17, 15) is 14.7 Å². The van der Waals surface area contributed by atoms with Gasteiger partial charge in [0, 0.05) is 11.1 Å². The third kappa shape index (κ3) is 4.58. The number of nitrogens with one attached hydrogen (secondary N) is 1. The van der Waals surface area contributed by atoms with Gasteiger partial charge >= 0.3 is 5.97 Å². The number of rotatable bonds is 4. The minimum Gasteiger partial charge on any atom is -0.481 e. The van der Waals surface area contributed by atoms with Crippen molar-refractivity contribution in [3.8, 4) is 11.1 Å². The number of carboxylic acid groups (broad SMARTS) is 1. The molecule has 0 bridgehead atoms. The monoisotopic (exact) mass is 407 g/mol. The fourth-order valence-electron chi connectivity index (χ4n) is 4.12. The molecule has 3 rings (SSSR count). The predicted molar refractivity (Wildman–Crippen MR) is 121 cm³/mol. The molecule has 0 spiro atoms. The molecule has 0 unspecified atom stereocenters. The third-order valence-corrected chi connectivity index (χ3v) is 6.62. The van der Waals surface area contributed by atoms with Gasteiger partial charge in [-0.2, -0.15) is 0 Å². The summed E-state index contributed by atoms with van der Waals surface area (Å²) in [7, 11) is 0. The van der Waals surface area contributed by atoms with E-state index >= 15 is 0 Å². The van der Waals surface area contributed by atoms with Crippen LogP contribution in [0.25, 0.3) is 11.1 Å². The van der Waals surface area contributed by atoms with Gasteiger partial charge in [0.15, 0.2) is 0 Å². The van der Waals surface area contributed by atoms with Gasteiger partial charge < -0.3 is 10.4 Å². The zero-order valence-electron chi connectivity index (χ0n) is 18.7. The van der Waals surface area contributed by atoms with E-state index < -0.39 is 16.9 Å². The predicted octanol–water partition coefficient (Wildman–Crippen LogP) is 5.80. The first-order valence-electron chi connectivity index (χ1n) is 10.7. The summed E-state index contributed by atoms with van der Waals surface area (Å²) in [5.41, 5.74) is 2.81. The molecule has 0 radical (unpaired) electrons. The maximum Gasteiger partial charge on any atom is 0.309 e. The summed E-state index contributed by atoms with van der Waals surface area (Å²) in [5, 5.41) is 12.7. The molecule has 1 amide bonds. The number of benzene rings is 2. The van der Waals surface area contributed by atoms with Crippen LogP contribution in [0.4, 0.5) is 0 Å². The lowest BCUT2D eigenvalue weighted by Crippen LogP contribution is -2.51. The summed E-state index contributed by atoms with van der Waals surface area (Å²) in [5.74, 6) is -0.855. The van der Waals surface area contributed by atoms with Crippen LogP contribution in [0.1, 0.15) is 76.2 Å². The Kier molecular flexibility index (Phi) is 5.81. The van der Waals surface area contributed by atoms with Gasteiger partial charge in [0.05, 0.1) is 5.41 Å². The second-order valence-corrected chi connectivity index (χ2v) is 10.3. The van der Waals surface area contributed by atoms with Crippen LogP contribution >= 0.6 is 0 Å². The van der Waals surface area contributed by atoms with E-state index in [1.807, 2.05) is 31.2 Å². The number of carbonyl (C=O) groups is 2. The summed E-state index contributed by atoms with van der Waals surface area (Å²) in [6.07, 6.45) is 2.44. The standard InChI is InChI=1S/C26H33NO3/c1-24(2,3)19-12-10-18(11-13-19)20-8-6-7-9-21(20)22(28)27-26(5)16-14-25(4,15-17-26)23(29)30/h6-13H,14-17H2,1-5H3,(H,27,28)(H,29,30). The second kappa shape index (κ2) is 7.90. The van der Waals surface area contributed by atoms with Crippen molar-refractivity contribution in [2.75, 3.05) is 0 Å². The molecule has 2 aromatic rings. The molecule has 30 heavy (non-hydrogen) atoms. The molecule has 2 N–H and O–H groups in total. The Morgan fingerprint density at radius 3 is 2.00 bits per heavy atom. The van der Waals surface area contributed by atoms with E-state index in [0.717, 1.165) is 11.1 Å². The van der Waals surface area contributed by atoms with Crippen LogP contribution in [0.5, 0.6) is 0 Å². The normalized spacial score (nSPS) is 24.3. The highest BCUT2D eigenvalue weighted by Gasteiger charge is 2.42. The average Bonchev–Trinajstić information content (AvgIpc) is 2.70. The lowest BCUT2D eigenvalue weighted by molar-refractivity contribution is -0.150. The Labute approximate surface area is 179 Å². The maximum atomic E-state index is 13.2. The van der Waals surface area contributed by atoms with Crippen LogP contribution in [-0.4, -0.2) is 22.5 Å². The molecule has 0 aliphatic heterocycles. The van der Waals surface area contributed by atoms with E-state index in [0.29, 0.717) is 31.2 Å². The fraction of sp³-hybridized carbons (Fsp3) is 0.462. The molecular formula is C26H33NO3. The smallest absolute Gasteiger partial charge is 0.309 e. The summed E-state index contributed by atoms with van der Waals surface area (Å²) < 4.78 is 0. The first kappa shape index (κ1) is 22.1. The van der Waals surface area contributed by atoms with Crippen molar-refractivity contribution >= 4 is 11.9 Å². The minimum atomic E-state index is -0.750. The van der Waals surface area contributed by atoms with E-state index in [1.54, 1.807) is 6.92 Å². The zero-order chi connectivity index (χ0) is 22.2. The Balaban J connectivity index is 1.81. The molecule has 1 aliphatic carbocycles. The molecule has 0 saturated heterocycles. The topological polar surface area (TPSA) is 66.4 Å². The van der Waals surface area contributed by atoms with Crippen molar-refractivity contribution in [3.05, 3.63) is 59.7 Å². The lowest BCUT2D eigenvalue weighted by Gasteiger charge is -2.41. The van der Waals surface area contributed by atoms with Crippen molar-refractivity contribution in [3.63, 3.8) is 0 Å². The Hall–Kier alpha value is -2.62. The van der Waals surface area contributed by atoms with E-state index in [4.69, 9.17) is 0 Å². The van der Waals surface area contributed by atoms with Crippen LogP contribution in [0.3, 0.4) is 0 Å². The molecule has 4 heteroatoms. The number of carbonyl (C=O) groups excluding carboxylic acids is 1. The van der Waals surface area contributed by atoms with Crippen LogP contribution < -0.4 is 5.32 Å². The van der Waals surface area contributed by atoms with Gasteiger partial charge in [0.2, 0.25) is 0 Å². The first-order chi connectivity index (χ1) is 13.9. The Morgan fingerprint density at radius 2 is 1.47 bits per heavy atom. The quantitative estimate of drug-likeness (QED) is 0.673. The number of amides is 1. The van der Waals surface area contributed by atoms with Crippen molar-refractivity contribution in [1.29, 1.82) is 0 Å². The third-order valence-electron chi connectivity index (χ3n) is 6.62. The zero-order valence-corrected chi connectivity index (χ0v) is 18.7. The van der Waals surface area contributed by atoms with Crippen LogP contribution in [0, 0.1) is 5.41 Å². The Bertz CT molecular complexity index is 929. The van der Waals surface area contributed by atoms with Crippen molar-refractivity contribution in [2.24, 2.45) is 5.41 Å². The molecule has 4 nitrogen and oxygen atoms in total. The van der Waals surface area contributed by atoms with Crippen molar-refractivity contribution < 1.29 is 14.7 Å². The number of carboxylic acids is 1. The highest BCUT2D eigenvalue weighted by molar-refractivity contribution is 6.01. The van der Waals surface area contributed by atoms with Crippen LogP contribution in [0.2, 0.25) is 0 Å². The number of aliphatic carboxylic acids is 1. The van der Waals surface area contributed by atoms with Crippen LogP contribution in [-0.2, 0) is 10.2 Å². The van der Waals surface area contributed by atoms with Gasteiger partial charge in [-0.05, 0) is 67.7 Å². The van der Waals surface area contributed by atoms with Crippen molar-refractivity contribution in [1.82, 2.24) is 5.32 Å². The maximum absolute atomic E-state index is 13.2. The summed E-state index contributed by atoms with van der Waals surface area (Å²) in [6.45, 7) is 10.4. The number of hydrogen-bond acceptors (Lipinski definition) is 2. The summed E-state index contributed by atoms with van der Waals surface area (Å²) >= 11 is 0.